The molecule has 0 aliphatic carbocycles. The number of nitrogens with zero attached hydrogens (tertiary/aromatic N) is 1. The third kappa shape index (κ3) is 1.82. The molecule has 5 heteroatoms. The zero-order valence-corrected chi connectivity index (χ0v) is 10.3. The normalized spacial score (nSPS) is 22.3. The highest BCUT2D eigenvalue weighted by Gasteiger charge is 2.42. The van der Waals surface area contributed by atoms with Gasteiger partial charge in [0.25, 0.3) is 5.91 Å². The number of hydrogen-bond donors (Lipinski definition) is 2. The van der Waals surface area contributed by atoms with Gasteiger partial charge in [0.2, 0.25) is 0 Å². The molecule has 98 valence electrons. The molecule has 2 aliphatic heterocycles. The van der Waals surface area contributed by atoms with Gasteiger partial charge in [-0.3, -0.25) is 14.5 Å². The maximum Gasteiger partial charge on any atom is 0.261 e. The van der Waals surface area contributed by atoms with Crippen LogP contribution < -0.4 is 5.32 Å². The lowest BCUT2D eigenvalue weighted by Gasteiger charge is -2.26. The molecule has 1 saturated heterocycles. The van der Waals surface area contributed by atoms with Crippen LogP contribution in [0.5, 0.6) is 0 Å². The molecule has 1 aromatic rings. The molecule has 2 heterocycles. The highest BCUT2D eigenvalue weighted by Crippen LogP contribution is 2.28. The molecule has 3 rings (SSSR count). The zero-order valence-electron chi connectivity index (χ0n) is 10.3. The van der Waals surface area contributed by atoms with Gasteiger partial charge in [-0.2, -0.15) is 0 Å². The lowest BCUT2D eigenvalue weighted by atomic mass is 10.0. The summed E-state index contributed by atoms with van der Waals surface area (Å²) < 4.78 is 0. The fraction of sp³-hybridized carbons (Fsp3) is 0.286. The van der Waals surface area contributed by atoms with Crippen LogP contribution in [0.1, 0.15) is 16.8 Å². The second-order valence-electron chi connectivity index (χ2n) is 4.63. The molecule has 0 spiro atoms. The van der Waals surface area contributed by atoms with Gasteiger partial charge in [0.05, 0.1) is 5.57 Å². The van der Waals surface area contributed by atoms with Gasteiger partial charge in [-0.1, -0.05) is 30.3 Å². The Morgan fingerprint density at radius 1 is 1.32 bits per heavy atom. The maximum atomic E-state index is 12.4. The molecular formula is C14H14N2O3. The number of aliphatic hydroxyl groups is 1. The van der Waals surface area contributed by atoms with Crippen molar-refractivity contribution in [2.75, 3.05) is 13.1 Å². The highest BCUT2D eigenvalue weighted by atomic mass is 16.3. The van der Waals surface area contributed by atoms with Crippen molar-refractivity contribution in [3.63, 3.8) is 0 Å². The van der Waals surface area contributed by atoms with Crippen LogP contribution in [-0.2, 0) is 4.79 Å². The van der Waals surface area contributed by atoms with Crippen molar-refractivity contribution in [2.45, 2.75) is 12.5 Å². The minimum absolute atomic E-state index is 0.163. The molecule has 0 saturated carbocycles. The second-order valence-corrected chi connectivity index (χ2v) is 4.63. The summed E-state index contributed by atoms with van der Waals surface area (Å²) in [6.45, 7) is 1.25. The zero-order chi connectivity index (χ0) is 13.4. The van der Waals surface area contributed by atoms with Crippen LogP contribution in [0, 0.1) is 0 Å². The largest absolute Gasteiger partial charge is 0.378 e. The predicted octanol–water partition coefficient (Wildman–Crippen LogP) is 0.277. The Morgan fingerprint density at radius 3 is 2.79 bits per heavy atom. The molecular weight excluding hydrogens is 244 g/mol. The molecule has 1 unspecified atom stereocenters. The quantitative estimate of drug-likeness (QED) is 0.747. The average Bonchev–Trinajstić information content (AvgIpc) is 2.72. The molecule has 1 atom stereocenters. The summed E-state index contributed by atoms with van der Waals surface area (Å²) in [5.41, 5.74) is 0.641. The molecule has 0 radical (unpaired) electrons. The third-order valence-corrected chi connectivity index (χ3v) is 3.43. The first kappa shape index (κ1) is 11.9. The number of ketones is 1. The van der Waals surface area contributed by atoms with E-state index in [0.717, 1.165) is 6.42 Å². The molecule has 0 aromatic heterocycles. The SMILES string of the molecule is O=C(C1=C2NCCCN2C(=O)C1O)c1ccccc1. The Kier molecular flexibility index (Phi) is 2.83. The number of hydrogen-bond acceptors (Lipinski definition) is 4. The van der Waals surface area contributed by atoms with E-state index in [-0.39, 0.29) is 11.4 Å². The predicted molar refractivity (Wildman–Crippen MR) is 68.1 cm³/mol. The number of fused-ring (bicyclic) bond motifs is 1. The van der Waals surface area contributed by atoms with Gasteiger partial charge < -0.3 is 10.4 Å². The van der Waals surface area contributed by atoms with Crippen molar-refractivity contribution in [1.29, 1.82) is 0 Å². The molecule has 1 aromatic carbocycles. The van der Waals surface area contributed by atoms with E-state index in [1.807, 2.05) is 6.07 Å². The van der Waals surface area contributed by atoms with Gasteiger partial charge in [-0.05, 0) is 6.42 Å². The minimum Gasteiger partial charge on any atom is -0.378 e. The van der Waals surface area contributed by atoms with Crippen LogP contribution in [0.15, 0.2) is 41.7 Å². The van der Waals surface area contributed by atoms with Gasteiger partial charge in [-0.15, -0.1) is 0 Å². The topological polar surface area (TPSA) is 69.6 Å². The summed E-state index contributed by atoms with van der Waals surface area (Å²) in [6, 6.07) is 8.69. The highest BCUT2D eigenvalue weighted by molar-refractivity contribution is 6.15. The van der Waals surface area contributed by atoms with Gasteiger partial charge in [0.1, 0.15) is 5.82 Å². The molecule has 0 bridgehead atoms. The van der Waals surface area contributed by atoms with Crippen molar-refractivity contribution in [3.8, 4) is 0 Å². The minimum atomic E-state index is -1.35. The number of benzene rings is 1. The number of aliphatic hydroxyl groups excluding tert-OH is 1. The van der Waals surface area contributed by atoms with Gasteiger partial charge >= 0.3 is 0 Å². The lowest BCUT2D eigenvalue weighted by Crippen LogP contribution is -2.41. The molecule has 2 aliphatic rings. The Hall–Kier alpha value is -2.14. The number of rotatable bonds is 2. The van der Waals surface area contributed by atoms with Crippen molar-refractivity contribution >= 4 is 11.7 Å². The first-order valence-corrected chi connectivity index (χ1v) is 6.27. The first-order valence-electron chi connectivity index (χ1n) is 6.27. The van der Waals surface area contributed by atoms with E-state index in [9.17, 15) is 14.7 Å². The number of carbonyl (C=O) groups is 2. The monoisotopic (exact) mass is 258 g/mol. The van der Waals surface area contributed by atoms with E-state index < -0.39 is 12.0 Å². The van der Waals surface area contributed by atoms with Crippen LogP contribution >= 0.6 is 0 Å². The van der Waals surface area contributed by atoms with E-state index in [4.69, 9.17) is 0 Å². The van der Waals surface area contributed by atoms with Crippen LogP contribution in [0.4, 0.5) is 0 Å². The van der Waals surface area contributed by atoms with Crippen LogP contribution in [0.2, 0.25) is 0 Å². The van der Waals surface area contributed by atoms with Crippen LogP contribution in [0.3, 0.4) is 0 Å². The molecule has 2 N–H and O–H groups in total. The van der Waals surface area contributed by atoms with E-state index in [1.165, 1.54) is 4.90 Å². The Bertz CT molecular complexity index is 565. The number of carbonyl (C=O) groups excluding carboxylic acids is 2. The van der Waals surface area contributed by atoms with Crippen molar-refractivity contribution in [2.24, 2.45) is 0 Å². The maximum absolute atomic E-state index is 12.4. The lowest BCUT2D eigenvalue weighted by molar-refractivity contribution is -0.134. The van der Waals surface area contributed by atoms with Gasteiger partial charge in [0, 0.05) is 18.7 Å². The van der Waals surface area contributed by atoms with Crippen molar-refractivity contribution < 1.29 is 14.7 Å². The Balaban J connectivity index is 2.03. The summed E-state index contributed by atoms with van der Waals surface area (Å²) >= 11 is 0. The summed E-state index contributed by atoms with van der Waals surface area (Å²) in [7, 11) is 0. The summed E-state index contributed by atoms with van der Waals surface area (Å²) in [5.74, 6) is -0.243. The summed E-state index contributed by atoms with van der Waals surface area (Å²) in [5, 5.41) is 13.1. The summed E-state index contributed by atoms with van der Waals surface area (Å²) in [4.78, 5) is 25.8. The van der Waals surface area contributed by atoms with Gasteiger partial charge in [0.15, 0.2) is 11.9 Å². The van der Waals surface area contributed by atoms with E-state index >= 15 is 0 Å². The summed E-state index contributed by atoms with van der Waals surface area (Å²) in [6.07, 6.45) is -0.539. The van der Waals surface area contributed by atoms with E-state index in [1.54, 1.807) is 24.3 Å². The van der Waals surface area contributed by atoms with E-state index in [2.05, 4.69) is 5.32 Å². The second kappa shape index (κ2) is 4.51. The molecule has 5 nitrogen and oxygen atoms in total. The molecule has 1 fully saturated rings. The van der Waals surface area contributed by atoms with Crippen molar-refractivity contribution in [3.05, 3.63) is 47.3 Å². The number of nitrogens with one attached hydrogen (secondary N) is 1. The standard InChI is InChI=1S/C14H14N2O3/c17-11(9-5-2-1-3-6-9)10-12(18)14(19)16-8-4-7-15-13(10)16/h1-3,5-6,12,15,18H,4,7-8H2. The van der Waals surface area contributed by atoms with Crippen LogP contribution in [0.25, 0.3) is 0 Å². The van der Waals surface area contributed by atoms with Gasteiger partial charge in [-0.25, -0.2) is 0 Å². The average molecular weight is 258 g/mol. The third-order valence-electron chi connectivity index (χ3n) is 3.43. The first-order chi connectivity index (χ1) is 9.20. The Morgan fingerprint density at radius 2 is 2.05 bits per heavy atom. The van der Waals surface area contributed by atoms with Crippen LogP contribution in [-0.4, -0.2) is 40.9 Å². The number of amides is 1. The van der Waals surface area contributed by atoms with E-state index in [0.29, 0.717) is 24.5 Å². The fourth-order valence-electron chi connectivity index (χ4n) is 2.49. The molecule has 19 heavy (non-hydrogen) atoms. The fourth-order valence-corrected chi connectivity index (χ4v) is 2.49. The molecule has 1 amide bonds. The smallest absolute Gasteiger partial charge is 0.261 e. The van der Waals surface area contributed by atoms with Crippen molar-refractivity contribution in [1.82, 2.24) is 10.2 Å². The Labute approximate surface area is 110 Å². The number of Topliss-reactive ketones (excluding diaryl/α,β-unsaturated/α-hetero) is 1.